The maximum atomic E-state index is 11.9. The third-order valence-electron chi connectivity index (χ3n) is 5.15. The van der Waals surface area contributed by atoms with Crippen LogP contribution in [0.3, 0.4) is 0 Å². The van der Waals surface area contributed by atoms with Gasteiger partial charge < -0.3 is 25.2 Å². The highest BCUT2D eigenvalue weighted by Gasteiger charge is 2.20. The van der Waals surface area contributed by atoms with Crippen molar-refractivity contribution in [2.24, 2.45) is 0 Å². The summed E-state index contributed by atoms with van der Waals surface area (Å²) in [4.78, 5) is 37.2. The Morgan fingerprint density at radius 2 is 2.07 bits per heavy atom. The van der Waals surface area contributed by atoms with Crippen LogP contribution in [0.4, 0.5) is 10.5 Å². The normalized spacial score (nSPS) is 14.8. The molecular weight excluding hydrogens is 372 g/mol. The summed E-state index contributed by atoms with van der Waals surface area (Å²) in [5, 5.41) is 5.74. The van der Waals surface area contributed by atoms with Crippen LogP contribution < -0.4 is 10.6 Å². The Morgan fingerprint density at radius 3 is 2.76 bits per heavy atom. The lowest BCUT2D eigenvalue weighted by Crippen LogP contribution is -2.40. The number of hydrogen-bond acceptors (Lipinski definition) is 5. The van der Waals surface area contributed by atoms with E-state index in [4.69, 9.17) is 0 Å². The molecule has 1 aliphatic heterocycles. The van der Waals surface area contributed by atoms with Gasteiger partial charge in [0.25, 0.3) is 6.47 Å². The van der Waals surface area contributed by atoms with Crippen molar-refractivity contribution < 1.29 is 19.1 Å². The number of rotatable bonds is 10. The number of anilines is 1. The van der Waals surface area contributed by atoms with Gasteiger partial charge in [0.1, 0.15) is 6.61 Å². The fraction of sp³-hybridized carbons (Fsp3) is 0.571. The van der Waals surface area contributed by atoms with Gasteiger partial charge in [-0.2, -0.15) is 0 Å². The summed E-state index contributed by atoms with van der Waals surface area (Å²) in [7, 11) is 1.68. The molecule has 0 saturated carbocycles. The van der Waals surface area contributed by atoms with Crippen molar-refractivity contribution in [3.63, 3.8) is 0 Å². The molecule has 0 aliphatic carbocycles. The second kappa shape index (κ2) is 12.1. The molecule has 0 unspecified atom stereocenters. The maximum absolute atomic E-state index is 11.9. The fourth-order valence-electron chi connectivity index (χ4n) is 3.54. The van der Waals surface area contributed by atoms with Crippen LogP contribution in [0.1, 0.15) is 37.7 Å². The Morgan fingerprint density at radius 1 is 1.31 bits per heavy atom. The van der Waals surface area contributed by atoms with Crippen molar-refractivity contribution in [1.29, 1.82) is 0 Å². The smallest absolute Gasteiger partial charge is 0.317 e. The van der Waals surface area contributed by atoms with E-state index in [0.717, 1.165) is 44.6 Å². The number of likely N-dealkylation sites (N-methyl/N-ethyl adjacent to an activating group) is 1. The minimum Gasteiger partial charge on any atom is -0.466 e. The van der Waals surface area contributed by atoms with Gasteiger partial charge in [0.05, 0.1) is 6.54 Å². The molecule has 29 heavy (non-hydrogen) atoms. The number of likely N-dealkylation sites (tertiary alicyclic amines) is 1. The summed E-state index contributed by atoms with van der Waals surface area (Å²) in [5.41, 5.74) is 2.14. The van der Waals surface area contributed by atoms with Crippen LogP contribution in [0, 0.1) is 0 Å². The van der Waals surface area contributed by atoms with E-state index >= 15 is 0 Å². The number of carbonyl (C=O) groups excluding carboxylic acids is 3. The molecule has 2 rings (SSSR count). The van der Waals surface area contributed by atoms with E-state index in [2.05, 4.69) is 32.4 Å². The first-order valence-corrected chi connectivity index (χ1v) is 10.1. The Hall–Kier alpha value is -2.61. The van der Waals surface area contributed by atoms with Crippen LogP contribution in [0.5, 0.6) is 0 Å². The molecule has 1 aromatic carbocycles. The number of benzene rings is 1. The van der Waals surface area contributed by atoms with Crippen LogP contribution in [-0.4, -0.2) is 74.6 Å². The van der Waals surface area contributed by atoms with Gasteiger partial charge in [0.15, 0.2) is 0 Å². The molecule has 0 bridgehead atoms. The molecule has 2 N–H and O–H groups in total. The van der Waals surface area contributed by atoms with Crippen LogP contribution in [-0.2, 0) is 14.3 Å². The van der Waals surface area contributed by atoms with Crippen LogP contribution >= 0.6 is 0 Å². The van der Waals surface area contributed by atoms with Gasteiger partial charge in [0, 0.05) is 26.2 Å². The molecule has 8 heteroatoms. The Bertz CT molecular complexity index is 674. The van der Waals surface area contributed by atoms with Gasteiger partial charge in [-0.3, -0.25) is 9.59 Å². The van der Waals surface area contributed by atoms with Gasteiger partial charge in [-0.25, -0.2) is 4.79 Å². The number of amides is 3. The summed E-state index contributed by atoms with van der Waals surface area (Å²) in [6.45, 7) is 6.13. The molecule has 8 nitrogen and oxygen atoms in total. The first-order chi connectivity index (χ1) is 14.0. The molecule has 0 aromatic heterocycles. The van der Waals surface area contributed by atoms with E-state index in [-0.39, 0.29) is 18.5 Å². The number of nitrogens with zero attached hydrogens (tertiary/aromatic N) is 2. The largest absolute Gasteiger partial charge is 0.466 e. The third kappa shape index (κ3) is 8.11. The van der Waals surface area contributed by atoms with Crippen molar-refractivity contribution in [2.45, 2.75) is 32.1 Å². The molecule has 1 aliphatic rings. The molecular formula is C21H32N4O4. The Labute approximate surface area is 172 Å². The number of urea groups is 1. The standard InChI is InChI=1S/C21H32N4O4/c1-17(27)23-20-6-3-5-19(15-20)18-7-11-25(12-8-18)10-4-9-22-21(28)24(2)13-14-29-16-26/h3,5-6,15-16,18H,4,7-14H2,1-2H3,(H,22,28)(H,23,27). The van der Waals surface area contributed by atoms with Crippen molar-refractivity contribution in [3.05, 3.63) is 29.8 Å². The van der Waals surface area contributed by atoms with Crippen molar-refractivity contribution in [3.8, 4) is 0 Å². The monoisotopic (exact) mass is 404 g/mol. The molecule has 1 aromatic rings. The first kappa shape index (κ1) is 22.7. The van der Waals surface area contributed by atoms with Crippen molar-refractivity contribution in [2.75, 3.05) is 51.7 Å². The van der Waals surface area contributed by atoms with Crippen molar-refractivity contribution in [1.82, 2.24) is 15.1 Å². The minimum absolute atomic E-state index is 0.0513. The predicted molar refractivity (Wildman–Crippen MR) is 112 cm³/mol. The predicted octanol–water partition coefficient (Wildman–Crippen LogP) is 2.03. The van der Waals surface area contributed by atoms with Gasteiger partial charge in [-0.05, 0) is 62.5 Å². The Balaban J connectivity index is 1.64. The molecule has 160 valence electrons. The molecule has 0 radical (unpaired) electrons. The van der Waals surface area contributed by atoms with Gasteiger partial charge in [-0.15, -0.1) is 0 Å². The first-order valence-electron chi connectivity index (χ1n) is 10.1. The topological polar surface area (TPSA) is 91.0 Å². The maximum Gasteiger partial charge on any atom is 0.317 e. The molecule has 0 atom stereocenters. The minimum atomic E-state index is -0.155. The lowest BCUT2D eigenvalue weighted by molar-refractivity contribution is -0.128. The zero-order chi connectivity index (χ0) is 21.1. The Kier molecular flexibility index (Phi) is 9.43. The third-order valence-corrected chi connectivity index (χ3v) is 5.15. The number of nitrogens with one attached hydrogen (secondary N) is 2. The summed E-state index contributed by atoms with van der Waals surface area (Å²) in [6.07, 6.45) is 3.08. The van der Waals surface area contributed by atoms with Crippen LogP contribution in [0.25, 0.3) is 0 Å². The fourth-order valence-corrected chi connectivity index (χ4v) is 3.54. The summed E-state index contributed by atoms with van der Waals surface area (Å²) in [6, 6.07) is 7.97. The zero-order valence-corrected chi connectivity index (χ0v) is 17.4. The van der Waals surface area contributed by atoms with E-state index < -0.39 is 0 Å². The van der Waals surface area contributed by atoms with Crippen LogP contribution in [0.2, 0.25) is 0 Å². The number of ether oxygens (including phenoxy) is 1. The average Bonchev–Trinajstić information content (AvgIpc) is 2.71. The molecule has 0 spiro atoms. The van der Waals surface area contributed by atoms with Gasteiger partial charge in [-0.1, -0.05) is 12.1 Å². The number of carbonyl (C=O) groups is 3. The highest BCUT2D eigenvalue weighted by Crippen LogP contribution is 2.29. The highest BCUT2D eigenvalue weighted by molar-refractivity contribution is 5.88. The van der Waals surface area contributed by atoms with E-state index in [9.17, 15) is 14.4 Å². The molecule has 1 fully saturated rings. The van der Waals surface area contributed by atoms with E-state index in [0.29, 0.717) is 25.5 Å². The molecule has 1 saturated heterocycles. The number of piperidine rings is 1. The van der Waals surface area contributed by atoms with E-state index in [1.807, 2.05) is 12.1 Å². The molecule has 3 amide bonds. The summed E-state index contributed by atoms with van der Waals surface area (Å²) < 4.78 is 4.60. The second-order valence-corrected chi connectivity index (χ2v) is 7.40. The lowest BCUT2D eigenvalue weighted by atomic mass is 9.89. The average molecular weight is 405 g/mol. The summed E-state index contributed by atoms with van der Waals surface area (Å²) >= 11 is 0. The lowest BCUT2D eigenvalue weighted by Gasteiger charge is -2.32. The molecule has 1 heterocycles. The van der Waals surface area contributed by atoms with E-state index in [1.165, 1.54) is 17.4 Å². The van der Waals surface area contributed by atoms with Gasteiger partial charge >= 0.3 is 6.03 Å². The highest BCUT2D eigenvalue weighted by atomic mass is 16.5. The van der Waals surface area contributed by atoms with Crippen LogP contribution in [0.15, 0.2) is 24.3 Å². The van der Waals surface area contributed by atoms with Crippen molar-refractivity contribution >= 4 is 24.1 Å². The SMILES string of the molecule is CC(=O)Nc1cccc(C2CCN(CCCNC(=O)N(C)CCOC=O)CC2)c1. The second-order valence-electron chi connectivity index (χ2n) is 7.40. The quantitative estimate of drug-likeness (QED) is 0.460. The summed E-state index contributed by atoms with van der Waals surface area (Å²) in [5.74, 6) is 0.464. The number of hydrogen-bond donors (Lipinski definition) is 2. The zero-order valence-electron chi connectivity index (χ0n) is 17.4. The van der Waals surface area contributed by atoms with E-state index in [1.54, 1.807) is 7.05 Å². The van der Waals surface area contributed by atoms with Gasteiger partial charge in [0.2, 0.25) is 5.91 Å².